The lowest BCUT2D eigenvalue weighted by atomic mass is 9.87. The first-order chi connectivity index (χ1) is 11.7. The van der Waals surface area contributed by atoms with Gasteiger partial charge in [-0.2, -0.15) is 0 Å². The third kappa shape index (κ3) is 5.01. The molecule has 3 nitrogen and oxygen atoms in total. The Kier molecular flexibility index (Phi) is 6.63. The van der Waals surface area contributed by atoms with Gasteiger partial charge < -0.3 is 10.0 Å². The Balaban J connectivity index is 1.53. The van der Waals surface area contributed by atoms with Crippen molar-refractivity contribution >= 4 is 45.7 Å². The Morgan fingerprint density at radius 2 is 2.12 bits per heavy atom. The van der Waals surface area contributed by atoms with Gasteiger partial charge in [-0.1, -0.05) is 43.7 Å². The third-order valence-electron chi connectivity index (χ3n) is 4.29. The van der Waals surface area contributed by atoms with E-state index in [2.05, 4.69) is 15.0 Å². The molecule has 1 heterocycles. The maximum absolute atomic E-state index is 14.3. The first kappa shape index (κ1) is 17.8. The second-order valence-electron chi connectivity index (χ2n) is 6.02. The molecule has 1 aliphatic rings. The lowest BCUT2D eigenvalue weighted by molar-refractivity contribution is 0.345. The van der Waals surface area contributed by atoms with Crippen molar-refractivity contribution in [1.29, 1.82) is 0 Å². The second-order valence-corrected chi connectivity index (χ2v) is 8.17. The molecule has 0 amide bonds. The first-order valence-corrected chi connectivity index (χ1v) is 10.3. The minimum atomic E-state index is -0.284. The standard InChI is InChI=1S/C17H21ClFN3S2/c18-13-10-16(24-22-17-21-8-9-23-17)14(19)11-15(13)20-7-6-12-4-2-1-3-5-12/h8-12,20H,1-7H2,(H,21,22). The largest absolute Gasteiger partial charge is 0.384 e. The minimum absolute atomic E-state index is 0.284. The average Bonchev–Trinajstić information content (AvgIpc) is 3.11. The summed E-state index contributed by atoms with van der Waals surface area (Å²) in [7, 11) is 0. The highest BCUT2D eigenvalue weighted by atomic mass is 35.5. The van der Waals surface area contributed by atoms with Crippen LogP contribution >= 0.6 is 34.9 Å². The maximum Gasteiger partial charge on any atom is 0.192 e. The van der Waals surface area contributed by atoms with Crippen LogP contribution in [0.1, 0.15) is 38.5 Å². The molecular formula is C17H21ClFN3S2. The van der Waals surface area contributed by atoms with E-state index in [0.717, 1.165) is 24.0 Å². The van der Waals surface area contributed by atoms with Gasteiger partial charge in [0.15, 0.2) is 5.13 Å². The summed E-state index contributed by atoms with van der Waals surface area (Å²) in [5, 5.41) is 6.44. The molecule has 1 aromatic carbocycles. The van der Waals surface area contributed by atoms with E-state index in [1.165, 1.54) is 61.5 Å². The highest BCUT2D eigenvalue weighted by Gasteiger charge is 2.14. The summed E-state index contributed by atoms with van der Waals surface area (Å²) in [6.07, 6.45) is 9.53. The quantitative estimate of drug-likeness (QED) is 0.538. The molecule has 1 fully saturated rings. The predicted octanol–water partition coefficient (Wildman–Crippen LogP) is 6.44. The van der Waals surface area contributed by atoms with E-state index >= 15 is 0 Å². The van der Waals surface area contributed by atoms with E-state index in [-0.39, 0.29) is 5.82 Å². The number of nitrogens with one attached hydrogen (secondary N) is 2. The first-order valence-electron chi connectivity index (χ1n) is 8.27. The van der Waals surface area contributed by atoms with Crippen LogP contribution in [0.4, 0.5) is 15.2 Å². The molecule has 0 radical (unpaired) electrons. The molecule has 3 rings (SSSR count). The Morgan fingerprint density at radius 3 is 2.88 bits per heavy atom. The summed E-state index contributed by atoms with van der Waals surface area (Å²) in [4.78, 5) is 4.57. The molecule has 1 saturated carbocycles. The number of hydrogen-bond donors (Lipinski definition) is 2. The molecule has 24 heavy (non-hydrogen) atoms. The van der Waals surface area contributed by atoms with Gasteiger partial charge in [-0.3, -0.25) is 0 Å². The van der Waals surface area contributed by atoms with Crippen LogP contribution in [-0.4, -0.2) is 11.5 Å². The molecule has 0 aliphatic heterocycles. The van der Waals surface area contributed by atoms with Gasteiger partial charge in [-0.25, -0.2) is 9.37 Å². The number of nitrogens with zero attached hydrogens (tertiary/aromatic N) is 1. The van der Waals surface area contributed by atoms with Gasteiger partial charge >= 0.3 is 0 Å². The van der Waals surface area contributed by atoms with Crippen molar-refractivity contribution in [2.75, 3.05) is 16.6 Å². The molecule has 0 spiro atoms. The van der Waals surface area contributed by atoms with Gasteiger partial charge in [-0.15, -0.1) is 11.3 Å². The number of rotatable bonds is 7. The molecule has 2 N–H and O–H groups in total. The SMILES string of the molecule is Fc1cc(NCCC2CCCCC2)c(Cl)cc1SNc1nccs1. The van der Waals surface area contributed by atoms with Crippen molar-refractivity contribution in [2.24, 2.45) is 5.92 Å². The summed E-state index contributed by atoms with van der Waals surface area (Å²) < 4.78 is 17.3. The maximum atomic E-state index is 14.3. The Bertz CT molecular complexity index is 646. The summed E-state index contributed by atoms with van der Waals surface area (Å²) in [6.45, 7) is 0.841. The lowest BCUT2D eigenvalue weighted by Crippen LogP contribution is -2.12. The van der Waals surface area contributed by atoms with E-state index in [0.29, 0.717) is 15.6 Å². The number of aromatic nitrogens is 1. The van der Waals surface area contributed by atoms with Crippen LogP contribution < -0.4 is 10.0 Å². The Labute approximate surface area is 155 Å². The number of anilines is 2. The molecule has 0 atom stereocenters. The fraction of sp³-hybridized carbons (Fsp3) is 0.471. The zero-order chi connectivity index (χ0) is 16.8. The fourth-order valence-electron chi connectivity index (χ4n) is 3.00. The van der Waals surface area contributed by atoms with Crippen molar-refractivity contribution in [3.63, 3.8) is 0 Å². The van der Waals surface area contributed by atoms with Crippen molar-refractivity contribution in [3.05, 3.63) is 34.5 Å². The zero-order valence-electron chi connectivity index (χ0n) is 13.4. The van der Waals surface area contributed by atoms with Crippen LogP contribution in [0.25, 0.3) is 0 Å². The molecule has 0 bridgehead atoms. The van der Waals surface area contributed by atoms with Crippen LogP contribution in [0.3, 0.4) is 0 Å². The molecule has 1 aliphatic carbocycles. The molecule has 0 saturated heterocycles. The van der Waals surface area contributed by atoms with Crippen molar-refractivity contribution in [1.82, 2.24) is 4.98 Å². The summed E-state index contributed by atoms with van der Waals surface area (Å²) >= 11 is 8.95. The predicted molar refractivity (Wildman–Crippen MR) is 103 cm³/mol. The van der Waals surface area contributed by atoms with Gasteiger partial charge in [0, 0.05) is 18.1 Å². The average molecular weight is 386 g/mol. The van der Waals surface area contributed by atoms with Gasteiger partial charge in [0.1, 0.15) is 5.82 Å². The lowest BCUT2D eigenvalue weighted by Gasteiger charge is -2.21. The van der Waals surface area contributed by atoms with Crippen LogP contribution in [0.5, 0.6) is 0 Å². The number of halogens is 2. The Hall–Kier alpha value is -0.980. The summed E-state index contributed by atoms with van der Waals surface area (Å²) in [5.74, 6) is 0.515. The molecule has 2 aromatic rings. The number of hydrogen-bond acceptors (Lipinski definition) is 5. The second kappa shape index (κ2) is 8.92. The smallest absolute Gasteiger partial charge is 0.192 e. The topological polar surface area (TPSA) is 37.0 Å². The number of benzene rings is 1. The summed E-state index contributed by atoms with van der Waals surface area (Å²) in [5.41, 5.74) is 0.670. The highest BCUT2D eigenvalue weighted by Crippen LogP contribution is 2.32. The van der Waals surface area contributed by atoms with E-state index in [4.69, 9.17) is 11.6 Å². The molecule has 130 valence electrons. The van der Waals surface area contributed by atoms with Crippen molar-refractivity contribution in [2.45, 2.75) is 43.4 Å². The van der Waals surface area contributed by atoms with Crippen LogP contribution in [0.15, 0.2) is 28.6 Å². The van der Waals surface area contributed by atoms with Gasteiger partial charge in [-0.05, 0) is 36.4 Å². The monoisotopic (exact) mass is 385 g/mol. The normalized spacial score (nSPS) is 15.4. The summed E-state index contributed by atoms with van der Waals surface area (Å²) in [6, 6.07) is 3.14. The van der Waals surface area contributed by atoms with Gasteiger partial charge in [0.25, 0.3) is 0 Å². The fourth-order valence-corrected chi connectivity index (χ4v) is 4.57. The van der Waals surface area contributed by atoms with E-state index in [9.17, 15) is 4.39 Å². The van der Waals surface area contributed by atoms with E-state index < -0.39 is 0 Å². The number of thiazole rings is 1. The molecular weight excluding hydrogens is 365 g/mol. The van der Waals surface area contributed by atoms with Crippen molar-refractivity contribution < 1.29 is 4.39 Å². The van der Waals surface area contributed by atoms with Crippen LogP contribution in [0, 0.1) is 11.7 Å². The van der Waals surface area contributed by atoms with Crippen molar-refractivity contribution in [3.8, 4) is 0 Å². The Morgan fingerprint density at radius 1 is 1.29 bits per heavy atom. The van der Waals surface area contributed by atoms with E-state index in [1.807, 2.05) is 5.38 Å². The molecule has 7 heteroatoms. The zero-order valence-corrected chi connectivity index (χ0v) is 15.7. The molecule has 1 aromatic heterocycles. The van der Waals surface area contributed by atoms with E-state index in [1.54, 1.807) is 12.3 Å². The highest BCUT2D eigenvalue weighted by molar-refractivity contribution is 8.00. The minimum Gasteiger partial charge on any atom is -0.384 e. The van der Waals surface area contributed by atoms with Gasteiger partial charge in [0.2, 0.25) is 0 Å². The molecule has 0 unspecified atom stereocenters. The van der Waals surface area contributed by atoms with Gasteiger partial charge in [0.05, 0.1) is 15.6 Å². The van der Waals surface area contributed by atoms with Crippen LogP contribution in [-0.2, 0) is 0 Å². The van der Waals surface area contributed by atoms with Crippen LogP contribution in [0.2, 0.25) is 5.02 Å². The third-order valence-corrected chi connectivity index (χ3v) is 6.25.